The van der Waals surface area contributed by atoms with Crippen molar-refractivity contribution >= 4 is 15.8 Å². The van der Waals surface area contributed by atoms with Crippen molar-refractivity contribution in [1.29, 1.82) is 0 Å². The molecule has 0 saturated heterocycles. The van der Waals surface area contributed by atoms with Crippen molar-refractivity contribution in [3.05, 3.63) is 77.9 Å². The first kappa shape index (κ1) is 20.5. The summed E-state index contributed by atoms with van der Waals surface area (Å²) in [5.74, 6) is -2.40. The van der Waals surface area contributed by atoms with Crippen LogP contribution >= 0.6 is 0 Å². The molecule has 0 fully saturated rings. The van der Waals surface area contributed by atoms with Gasteiger partial charge in [0.1, 0.15) is 11.6 Å². The van der Waals surface area contributed by atoms with Crippen molar-refractivity contribution in [3.63, 3.8) is 0 Å². The molecule has 29 heavy (non-hydrogen) atoms. The quantitative estimate of drug-likeness (QED) is 0.566. The van der Waals surface area contributed by atoms with Crippen molar-refractivity contribution in [2.24, 2.45) is 0 Å². The summed E-state index contributed by atoms with van der Waals surface area (Å²) in [6, 6.07) is 13.3. The number of rotatable bonds is 5. The number of hydrogen-bond donors (Lipinski definition) is 0. The maximum Gasteiger partial charge on any atom is 0.337 e. The summed E-state index contributed by atoms with van der Waals surface area (Å²) in [5, 5.41) is 0. The van der Waals surface area contributed by atoms with E-state index in [1.54, 1.807) is 18.2 Å². The van der Waals surface area contributed by atoms with Gasteiger partial charge in [0.25, 0.3) is 0 Å². The van der Waals surface area contributed by atoms with E-state index in [9.17, 15) is 22.0 Å². The number of carbonyl (C=O) groups excluding carboxylic acids is 1. The Morgan fingerprint density at radius 2 is 1.59 bits per heavy atom. The highest BCUT2D eigenvalue weighted by molar-refractivity contribution is 7.90. The maximum atomic E-state index is 14.1. The molecule has 0 bridgehead atoms. The van der Waals surface area contributed by atoms with Gasteiger partial charge in [-0.2, -0.15) is 0 Å². The molecule has 0 aromatic heterocycles. The largest absolute Gasteiger partial charge is 0.465 e. The second-order valence-corrected chi connectivity index (χ2v) is 8.19. The van der Waals surface area contributed by atoms with Gasteiger partial charge < -0.3 is 9.47 Å². The number of esters is 1. The molecule has 150 valence electrons. The predicted molar refractivity (Wildman–Crippen MR) is 103 cm³/mol. The Labute approximate surface area is 166 Å². The molecule has 0 aliphatic carbocycles. The summed E-state index contributed by atoms with van der Waals surface area (Å²) in [4.78, 5) is 12.0. The first-order valence-electron chi connectivity index (χ1n) is 8.35. The van der Waals surface area contributed by atoms with Crippen molar-refractivity contribution < 1.29 is 31.5 Å². The van der Waals surface area contributed by atoms with E-state index in [0.29, 0.717) is 17.2 Å². The van der Waals surface area contributed by atoms with Crippen LogP contribution in [0.5, 0.6) is 11.5 Å². The van der Waals surface area contributed by atoms with Gasteiger partial charge in [0.2, 0.25) is 0 Å². The third kappa shape index (κ3) is 4.60. The van der Waals surface area contributed by atoms with Gasteiger partial charge in [0.15, 0.2) is 21.4 Å². The van der Waals surface area contributed by atoms with Gasteiger partial charge in [-0.1, -0.05) is 12.1 Å². The number of halogens is 2. The molecule has 8 heteroatoms. The smallest absolute Gasteiger partial charge is 0.337 e. The van der Waals surface area contributed by atoms with Crippen LogP contribution in [-0.4, -0.2) is 27.8 Å². The minimum atomic E-state index is -3.37. The molecule has 3 rings (SSSR count). The lowest BCUT2D eigenvalue weighted by Crippen LogP contribution is -2.02. The van der Waals surface area contributed by atoms with Crippen LogP contribution in [0.2, 0.25) is 0 Å². The van der Waals surface area contributed by atoms with Crippen LogP contribution in [0.3, 0.4) is 0 Å². The van der Waals surface area contributed by atoms with Gasteiger partial charge in [-0.3, -0.25) is 0 Å². The van der Waals surface area contributed by atoms with E-state index in [-0.39, 0.29) is 22.0 Å². The first-order chi connectivity index (χ1) is 13.7. The predicted octanol–water partition coefficient (Wildman–Crippen LogP) is 4.61. The summed E-state index contributed by atoms with van der Waals surface area (Å²) in [6.45, 7) is 0. The monoisotopic (exact) mass is 418 g/mol. The highest BCUT2D eigenvalue weighted by atomic mass is 32.2. The fraction of sp³-hybridized carbons (Fsp3) is 0.0952. The molecule has 0 atom stereocenters. The second kappa shape index (κ2) is 8.00. The Morgan fingerprint density at radius 3 is 2.17 bits per heavy atom. The van der Waals surface area contributed by atoms with Crippen molar-refractivity contribution in [2.45, 2.75) is 4.90 Å². The van der Waals surface area contributed by atoms with E-state index in [2.05, 4.69) is 0 Å². The van der Waals surface area contributed by atoms with Gasteiger partial charge in [-0.05, 0) is 48.0 Å². The highest BCUT2D eigenvalue weighted by Crippen LogP contribution is 2.36. The average molecular weight is 418 g/mol. The Morgan fingerprint density at radius 1 is 0.897 bits per heavy atom. The van der Waals surface area contributed by atoms with Gasteiger partial charge in [0, 0.05) is 17.9 Å². The summed E-state index contributed by atoms with van der Waals surface area (Å²) < 4.78 is 60.9. The average Bonchev–Trinajstić information content (AvgIpc) is 2.69. The Balaban J connectivity index is 2.09. The van der Waals surface area contributed by atoms with Crippen LogP contribution in [0.15, 0.2) is 65.6 Å². The van der Waals surface area contributed by atoms with E-state index >= 15 is 0 Å². The van der Waals surface area contributed by atoms with Crippen molar-refractivity contribution in [1.82, 2.24) is 0 Å². The van der Waals surface area contributed by atoms with E-state index in [1.165, 1.54) is 31.4 Å². The molecular weight excluding hydrogens is 402 g/mol. The normalized spacial score (nSPS) is 11.2. The zero-order valence-electron chi connectivity index (χ0n) is 15.5. The number of hydrogen-bond acceptors (Lipinski definition) is 5. The van der Waals surface area contributed by atoms with Crippen LogP contribution in [0, 0.1) is 11.6 Å². The fourth-order valence-corrected chi connectivity index (χ4v) is 3.28. The number of methoxy groups -OCH3 is 1. The molecule has 0 saturated carbocycles. The number of carbonyl (C=O) groups is 1. The Bertz CT molecular complexity index is 1170. The zero-order valence-corrected chi connectivity index (χ0v) is 16.3. The lowest BCUT2D eigenvalue weighted by molar-refractivity contribution is 0.0600. The Hall–Kier alpha value is -3.26. The molecule has 0 N–H and O–H groups in total. The molecule has 0 aliphatic heterocycles. The topological polar surface area (TPSA) is 69.7 Å². The van der Waals surface area contributed by atoms with Crippen molar-refractivity contribution in [3.8, 4) is 22.6 Å². The second-order valence-electron chi connectivity index (χ2n) is 6.18. The third-order valence-corrected chi connectivity index (χ3v) is 5.24. The number of sulfone groups is 1. The molecular formula is C21H16F2O5S. The van der Waals surface area contributed by atoms with Crippen LogP contribution in [0.25, 0.3) is 11.1 Å². The minimum Gasteiger partial charge on any atom is -0.465 e. The fourth-order valence-electron chi connectivity index (χ4n) is 2.65. The molecule has 0 unspecified atom stereocenters. The maximum absolute atomic E-state index is 14.1. The van der Waals surface area contributed by atoms with Crippen LogP contribution in [0.1, 0.15) is 10.4 Å². The van der Waals surface area contributed by atoms with Crippen molar-refractivity contribution in [2.75, 3.05) is 13.4 Å². The molecule has 3 aromatic rings. The highest BCUT2D eigenvalue weighted by Gasteiger charge is 2.16. The standard InChI is InChI=1S/C21H16F2O5S/c1-27-21(24)14-5-9-17(13-3-7-16(8-4-13)29(2,25)26)20(11-14)28-19-10-6-15(22)12-18(19)23/h3-12H,1-2H3. The van der Waals surface area contributed by atoms with Gasteiger partial charge in [0.05, 0.1) is 17.6 Å². The molecule has 0 spiro atoms. The molecule has 0 radical (unpaired) electrons. The van der Waals surface area contributed by atoms with Gasteiger partial charge >= 0.3 is 5.97 Å². The first-order valence-corrected chi connectivity index (χ1v) is 10.2. The molecule has 5 nitrogen and oxygen atoms in total. The Kier molecular flexibility index (Phi) is 5.65. The lowest BCUT2D eigenvalue weighted by Gasteiger charge is -2.14. The number of benzene rings is 3. The van der Waals surface area contributed by atoms with Crippen LogP contribution in [-0.2, 0) is 14.6 Å². The summed E-state index contributed by atoms with van der Waals surface area (Å²) in [5.41, 5.74) is 1.22. The van der Waals surface area contributed by atoms with E-state index < -0.39 is 27.4 Å². The molecule has 0 heterocycles. The molecule has 0 aliphatic rings. The SMILES string of the molecule is COC(=O)c1ccc(-c2ccc(S(C)(=O)=O)cc2)c(Oc2ccc(F)cc2F)c1. The molecule has 0 amide bonds. The summed E-state index contributed by atoms with van der Waals surface area (Å²) in [7, 11) is -2.15. The third-order valence-electron chi connectivity index (χ3n) is 4.11. The zero-order chi connectivity index (χ0) is 21.2. The summed E-state index contributed by atoms with van der Waals surface area (Å²) >= 11 is 0. The number of ether oxygens (including phenoxy) is 2. The van der Waals surface area contributed by atoms with E-state index in [1.807, 2.05) is 0 Å². The van der Waals surface area contributed by atoms with E-state index in [4.69, 9.17) is 9.47 Å². The molecule has 3 aromatic carbocycles. The minimum absolute atomic E-state index is 0.116. The van der Waals surface area contributed by atoms with E-state index in [0.717, 1.165) is 18.4 Å². The lowest BCUT2D eigenvalue weighted by atomic mass is 10.0. The summed E-state index contributed by atoms with van der Waals surface area (Å²) in [6.07, 6.45) is 1.10. The van der Waals surface area contributed by atoms with Crippen LogP contribution < -0.4 is 4.74 Å². The van der Waals surface area contributed by atoms with Gasteiger partial charge in [-0.25, -0.2) is 22.0 Å². The van der Waals surface area contributed by atoms with Gasteiger partial charge in [-0.15, -0.1) is 0 Å². The van der Waals surface area contributed by atoms with Crippen LogP contribution in [0.4, 0.5) is 8.78 Å².